The minimum absolute atomic E-state index is 0.0397. The Kier molecular flexibility index (Phi) is 4.73. The van der Waals surface area contributed by atoms with Crippen molar-refractivity contribution in [2.75, 3.05) is 13.1 Å². The van der Waals surface area contributed by atoms with Crippen LogP contribution in [0.4, 0.5) is 13.2 Å². The molecule has 3 atom stereocenters. The number of rotatable bonds is 3. The second-order valence-electron chi connectivity index (χ2n) is 8.39. The van der Waals surface area contributed by atoms with Crippen LogP contribution >= 0.6 is 11.6 Å². The number of carbonyl (C=O) groups is 1. The van der Waals surface area contributed by atoms with Gasteiger partial charge in [0.25, 0.3) is 0 Å². The number of likely N-dealkylation sites (tertiary alicyclic amines) is 1. The number of amides is 1. The van der Waals surface area contributed by atoms with Crippen LogP contribution in [0.5, 0.6) is 0 Å². The summed E-state index contributed by atoms with van der Waals surface area (Å²) < 4.78 is 41.1. The zero-order valence-electron chi connectivity index (χ0n) is 16.7. The highest BCUT2D eigenvalue weighted by Crippen LogP contribution is 2.49. The third-order valence-corrected chi connectivity index (χ3v) is 6.44. The maximum absolute atomic E-state index is 13.4. The van der Waals surface area contributed by atoms with Gasteiger partial charge in [-0.15, -0.1) is 0 Å². The Bertz CT molecular complexity index is 1160. The first-order valence-electron chi connectivity index (χ1n) is 10.2. The Morgan fingerprint density at radius 3 is 2.65 bits per heavy atom. The summed E-state index contributed by atoms with van der Waals surface area (Å²) in [6.45, 7) is 2.58. The normalized spacial score (nSPS) is 23.5. The van der Waals surface area contributed by atoms with Gasteiger partial charge in [-0.3, -0.25) is 4.79 Å². The van der Waals surface area contributed by atoms with Gasteiger partial charge in [0.1, 0.15) is 5.69 Å². The second-order valence-corrected chi connectivity index (χ2v) is 8.83. The number of aromatic nitrogens is 3. The van der Waals surface area contributed by atoms with Crippen LogP contribution in [-0.4, -0.2) is 38.5 Å². The van der Waals surface area contributed by atoms with E-state index in [1.54, 1.807) is 6.07 Å². The van der Waals surface area contributed by atoms with Crippen LogP contribution in [0.15, 0.2) is 36.4 Å². The molecule has 1 aliphatic heterocycles. The van der Waals surface area contributed by atoms with Gasteiger partial charge in [-0.1, -0.05) is 23.7 Å². The van der Waals surface area contributed by atoms with Gasteiger partial charge in [0.05, 0.1) is 5.69 Å². The van der Waals surface area contributed by atoms with Crippen molar-refractivity contribution in [3.05, 3.63) is 64.1 Å². The molecule has 5 nitrogen and oxygen atoms in total. The minimum Gasteiger partial charge on any atom is -0.342 e. The smallest absolute Gasteiger partial charge is 0.342 e. The topological polar surface area (TPSA) is 50.5 Å². The summed E-state index contributed by atoms with van der Waals surface area (Å²) in [6, 6.07) is 10.2. The lowest BCUT2D eigenvalue weighted by Crippen LogP contribution is -2.30. The van der Waals surface area contributed by atoms with Crippen molar-refractivity contribution in [3.8, 4) is 0 Å². The van der Waals surface area contributed by atoms with Crippen LogP contribution in [0, 0.1) is 12.8 Å². The Balaban J connectivity index is 1.31. The van der Waals surface area contributed by atoms with E-state index in [0.29, 0.717) is 30.2 Å². The first kappa shape index (κ1) is 20.3. The highest BCUT2D eigenvalue weighted by molar-refractivity contribution is 6.30. The van der Waals surface area contributed by atoms with E-state index in [2.05, 4.69) is 10.1 Å². The Hall–Kier alpha value is -2.61. The van der Waals surface area contributed by atoms with Crippen molar-refractivity contribution >= 4 is 23.2 Å². The van der Waals surface area contributed by atoms with Gasteiger partial charge < -0.3 is 4.90 Å². The molecule has 1 amide bonds. The lowest BCUT2D eigenvalue weighted by atomic mass is 10.1. The standard InChI is InChI=1S/C22H20ClF3N4O/c1-12-8-19(22(24,25)26)30-20(27-12)10-18(28-30)14-6-7-29(11-14)21(31)17-9-16(17)13-2-4-15(23)5-3-13/h2-5,8,10,14,16-17H,6-7,9,11H2,1H3. The summed E-state index contributed by atoms with van der Waals surface area (Å²) in [5, 5.41) is 4.88. The number of benzene rings is 1. The predicted octanol–water partition coefficient (Wildman–Crippen LogP) is 4.83. The van der Waals surface area contributed by atoms with E-state index in [4.69, 9.17) is 11.6 Å². The van der Waals surface area contributed by atoms with E-state index in [0.717, 1.165) is 22.6 Å². The van der Waals surface area contributed by atoms with Crippen LogP contribution in [0.3, 0.4) is 0 Å². The van der Waals surface area contributed by atoms with E-state index in [-0.39, 0.29) is 35.0 Å². The van der Waals surface area contributed by atoms with Crippen LogP contribution < -0.4 is 0 Å². The largest absolute Gasteiger partial charge is 0.433 e. The summed E-state index contributed by atoms with van der Waals surface area (Å²) >= 11 is 5.94. The number of hydrogen-bond acceptors (Lipinski definition) is 3. The van der Waals surface area contributed by atoms with E-state index < -0.39 is 11.9 Å². The first-order chi connectivity index (χ1) is 14.7. The molecule has 0 N–H and O–H groups in total. The fourth-order valence-corrected chi connectivity index (χ4v) is 4.63. The number of halogens is 4. The Morgan fingerprint density at radius 2 is 1.94 bits per heavy atom. The van der Waals surface area contributed by atoms with E-state index in [1.807, 2.05) is 29.2 Å². The summed E-state index contributed by atoms with van der Waals surface area (Å²) in [5.41, 5.74) is 1.29. The lowest BCUT2D eigenvalue weighted by molar-refractivity contribution is -0.142. The van der Waals surface area contributed by atoms with E-state index in [9.17, 15) is 18.0 Å². The van der Waals surface area contributed by atoms with Crippen molar-refractivity contribution in [1.29, 1.82) is 0 Å². The van der Waals surface area contributed by atoms with Gasteiger partial charge in [0.2, 0.25) is 5.91 Å². The molecule has 1 saturated heterocycles. The van der Waals surface area contributed by atoms with Crippen molar-refractivity contribution in [2.24, 2.45) is 5.92 Å². The summed E-state index contributed by atoms with van der Waals surface area (Å²) in [7, 11) is 0. The molecule has 1 aromatic carbocycles. The number of hydrogen-bond donors (Lipinski definition) is 0. The van der Waals surface area contributed by atoms with Gasteiger partial charge in [-0.25, -0.2) is 9.50 Å². The Labute approximate surface area is 181 Å². The molecule has 1 aliphatic carbocycles. The number of nitrogens with zero attached hydrogens (tertiary/aromatic N) is 4. The summed E-state index contributed by atoms with van der Waals surface area (Å²) in [5.74, 6) is 0.179. The van der Waals surface area contributed by atoms with Gasteiger partial charge >= 0.3 is 6.18 Å². The second kappa shape index (κ2) is 7.22. The predicted molar refractivity (Wildman–Crippen MR) is 109 cm³/mol. The number of fused-ring (bicyclic) bond motifs is 1. The van der Waals surface area contributed by atoms with Crippen LogP contribution in [-0.2, 0) is 11.0 Å². The molecule has 31 heavy (non-hydrogen) atoms. The molecule has 2 fully saturated rings. The number of carbonyl (C=O) groups excluding carboxylic acids is 1. The summed E-state index contributed by atoms with van der Waals surface area (Å²) in [4.78, 5) is 19.0. The molecule has 2 aromatic heterocycles. The van der Waals surface area contributed by atoms with E-state index >= 15 is 0 Å². The molecule has 0 spiro atoms. The van der Waals surface area contributed by atoms with Crippen molar-refractivity contribution in [3.63, 3.8) is 0 Å². The minimum atomic E-state index is -4.52. The van der Waals surface area contributed by atoms with Crippen LogP contribution in [0.2, 0.25) is 5.02 Å². The molecule has 162 valence electrons. The molecule has 3 aromatic rings. The fraction of sp³-hybridized carbons (Fsp3) is 0.409. The average Bonchev–Trinajstić information content (AvgIpc) is 3.15. The fourth-order valence-electron chi connectivity index (χ4n) is 4.50. The van der Waals surface area contributed by atoms with Crippen molar-refractivity contribution in [2.45, 2.75) is 37.8 Å². The monoisotopic (exact) mass is 448 g/mol. The average molecular weight is 449 g/mol. The van der Waals surface area contributed by atoms with Gasteiger partial charge in [-0.2, -0.15) is 18.3 Å². The third-order valence-electron chi connectivity index (χ3n) is 6.19. The van der Waals surface area contributed by atoms with Crippen molar-refractivity contribution < 1.29 is 18.0 Å². The number of alkyl halides is 3. The zero-order valence-corrected chi connectivity index (χ0v) is 17.5. The van der Waals surface area contributed by atoms with Gasteiger partial charge in [0, 0.05) is 41.7 Å². The molecular formula is C22H20ClF3N4O. The molecule has 0 radical (unpaired) electrons. The molecular weight excluding hydrogens is 429 g/mol. The maximum atomic E-state index is 13.4. The molecule has 5 rings (SSSR count). The first-order valence-corrected chi connectivity index (χ1v) is 10.6. The third kappa shape index (κ3) is 3.78. The zero-order chi connectivity index (χ0) is 21.9. The van der Waals surface area contributed by atoms with Crippen molar-refractivity contribution in [1.82, 2.24) is 19.5 Å². The van der Waals surface area contributed by atoms with Gasteiger partial charge in [0.15, 0.2) is 5.65 Å². The highest BCUT2D eigenvalue weighted by Gasteiger charge is 2.47. The molecule has 2 aliphatic rings. The van der Waals surface area contributed by atoms with Crippen LogP contribution in [0.25, 0.3) is 5.65 Å². The van der Waals surface area contributed by atoms with E-state index in [1.165, 1.54) is 6.92 Å². The molecule has 1 saturated carbocycles. The van der Waals surface area contributed by atoms with Gasteiger partial charge in [-0.05, 0) is 49.4 Å². The molecule has 3 unspecified atom stereocenters. The molecule has 3 heterocycles. The Morgan fingerprint density at radius 1 is 1.19 bits per heavy atom. The quantitative estimate of drug-likeness (QED) is 0.576. The highest BCUT2D eigenvalue weighted by atomic mass is 35.5. The van der Waals surface area contributed by atoms with Crippen LogP contribution in [0.1, 0.15) is 47.3 Å². The number of aryl methyl sites for hydroxylation is 1. The SMILES string of the molecule is Cc1cc(C(F)(F)F)n2nc(C3CCN(C(=O)C4CC4c4ccc(Cl)cc4)C3)cc2n1. The maximum Gasteiger partial charge on any atom is 0.433 e. The molecule has 0 bridgehead atoms. The summed E-state index contributed by atoms with van der Waals surface area (Å²) in [6.07, 6.45) is -3.03. The lowest BCUT2D eigenvalue weighted by Gasteiger charge is -2.16. The molecule has 9 heteroatoms.